The number of hydrogen-bond donors (Lipinski definition) is 1. The van der Waals surface area contributed by atoms with Crippen molar-refractivity contribution in [2.24, 2.45) is 0 Å². The summed E-state index contributed by atoms with van der Waals surface area (Å²) in [7, 11) is 1.88. The number of halogens is 2. The number of nitrogens with one attached hydrogen (secondary N) is 1. The summed E-state index contributed by atoms with van der Waals surface area (Å²) < 4.78 is 0. The molecule has 0 unspecified atom stereocenters. The molecule has 1 N–H and O–H groups in total. The Morgan fingerprint density at radius 3 is 2.17 bits per heavy atom. The van der Waals surface area contributed by atoms with Gasteiger partial charge in [-0.05, 0) is 7.05 Å². The molecular weight excluding hydrogens is 165 g/mol. The first-order chi connectivity index (χ1) is 2.41. The lowest BCUT2D eigenvalue weighted by Crippen LogP contribution is -2.07. The lowest BCUT2D eigenvalue weighted by atomic mass is 10.8. The number of alkyl halides is 1. The van der Waals surface area contributed by atoms with Crippen LogP contribution in [-0.2, 0) is 0 Å². The van der Waals surface area contributed by atoms with Crippen LogP contribution in [0.15, 0.2) is 0 Å². The quantitative estimate of drug-likeness (QED) is 0.617. The van der Waals surface area contributed by atoms with E-state index in [1.807, 2.05) is 7.05 Å². The van der Waals surface area contributed by atoms with Gasteiger partial charge in [0, 0.05) is 12.4 Å². The summed E-state index contributed by atoms with van der Waals surface area (Å²) in [6, 6.07) is 0. The van der Waals surface area contributed by atoms with E-state index in [9.17, 15) is 0 Å². The summed E-state index contributed by atoms with van der Waals surface area (Å²) in [4.78, 5) is 0. The molecule has 0 aliphatic carbocycles. The average Bonchev–Trinajstić information content (AvgIpc) is 1.41. The van der Waals surface area contributed by atoms with Crippen molar-refractivity contribution in [1.82, 2.24) is 5.32 Å². The molecule has 0 saturated carbocycles. The van der Waals surface area contributed by atoms with Gasteiger partial charge in [-0.25, -0.2) is 0 Å². The fourth-order valence-corrected chi connectivity index (χ4v) is 0.283. The van der Waals surface area contributed by atoms with E-state index in [1.165, 1.54) is 0 Å². The van der Waals surface area contributed by atoms with Gasteiger partial charge in [-0.15, -0.1) is 28.6 Å². The highest BCUT2D eigenvalue weighted by atomic mass is 79.9. The normalized spacial score (nSPS) is 7.00. The van der Waals surface area contributed by atoms with Crippen LogP contribution in [0, 0.1) is 0 Å². The minimum atomic E-state index is 0. The average molecular weight is 174 g/mol. The molecule has 0 aliphatic heterocycles. The van der Waals surface area contributed by atoms with Gasteiger partial charge in [0.1, 0.15) is 0 Å². The monoisotopic (exact) mass is 173 g/mol. The Bertz CT molecular complexity index is 18.3. The van der Waals surface area contributed by atoms with Gasteiger partial charge < -0.3 is 5.32 Å². The first kappa shape index (κ1) is 9.88. The number of hydrogen-bond acceptors (Lipinski definition) is 1. The third-order valence-corrected chi connectivity index (χ3v) is 0.533. The number of rotatable bonds is 2. The van der Waals surface area contributed by atoms with Crippen LogP contribution >= 0.6 is 28.6 Å². The lowest BCUT2D eigenvalue weighted by Gasteiger charge is -1.82. The van der Waals surface area contributed by atoms with Gasteiger partial charge in [0.2, 0.25) is 0 Å². The highest BCUT2D eigenvalue weighted by Gasteiger charge is 1.67. The molecule has 0 saturated heterocycles. The second-order valence-electron chi connectivity index (χ2n) is 0.793. The van der Waals surface area contributed by atoms with Crippen molar-refractivity contribution in [2.75, 3.05) is 19.5 Å². The lowest BCUT2D eigenvalue weighted by molar-refractivity contribution is 0.869. The minimum Gasteiger partial charge on any atom is -0.319 e. The minimum absolute atomic E-state index is 0. The molecule has 0 amide bonds. The van der Waals surface area contributed by atoms with Crippen LogP contribution in [0.4, 0.5) is 0 Å². The largest absolute Gasteiger partial charge is 0.319 e. The van der Waals surface area contributed by atoms with E-state index in [4.69, 9.17) is 11.6 Å². The van der Waals surface area contributed by atoms with Crippen molar-refractivity contribution in [3.63, 3.8) is 0 Å². The van der Waals surface area contributed by atoms with Crippen LogP contribution < -0.4 is 5.32 Å². The van der Waals surface area contributed by atoms with E-state index in [0.717, 1.165) is 6.54 Å². The Morgan fingerprint density at radius 2 is 2.17 bits per heavy atom. The van der Waals surface area contributed by atoms with Crippen LogP contribution in [0.3, 0.4) is 0 Å². The zero-order valence-corrected chi connectivity index (χ0v) is 6.17. The molecule has 0 aromatic rings. The third kappa shape index (κ3) is 8.83. The van der Waals surface area contributed by atoms with Gasteiger partial charge in [-0.2, -0.15) is 0 Å². The zero-order valence-electron chi connectivity index (χ0n) is 3.70. The highest BCUT2D eigenvalue weighted by Crippen LogP contribution is 1.64. The molecule has 0 heterocycles. The Morgan fingerprint density at radius 1 is 1.67 bits per heavy atom. The van der Waals surface area contributed by atoms with Crippen molar-refractivity contribution in [3.05, 3.63) is 0 Å². The summed E-state index contributed by atoms with van der Waals surface area (Å²) in [6.07, 6.45) is 0. The van der Waals surface area contributed by atoms with Crippen molar-refractivity contribution in [3.8, 4) is 0 Å². The topological polar surface area (TPSA) is 12.0 Å². The SMILES string of the molecule is Br.CNCCCl. The molecule has 40 valence electrons. The summed E-state index contributed by atoms with van der Waals surface area (Å²) in [5.74, 6) is 0.705. The fourth-order valence-electron chi connectivity index (χ4n) is 0.0945. The Balaban J connectivity index is 0. The smallest absolute Gasteiger partial charge is 0.0348 e. The van der Waals surface area contributed by atoms with E-state index in [-0.39, 0.29) is 17.0 Å². The Labute approximate surface area is 53.8 Å². The molecule has 0 aromatic heterocycles. The van der Waals surface area contributed by atoms with Crippen molar-refractivity contribution < 1.29 is 0 Å². The van der Waals surface area contributed by atoms with Crippen LogP contribution in [-0.4, -0.2) is 19.5 Å². The van der Waals surface area contributed by atoms with Crippen molar-refractivity contribution in [2.45, 2.75) is 0 Å². The summed E-state index contributed by atoms with van der Waals surface area (Å²) in [5.41, 5.74) is 0. The summed E-state index contributed by atoms with van der Waals surface area (Å²) in [6.45, 7) is 0.904. The summed E-state index contributed by atoms with van der Waals surface area (Å²) in [5, 5.41) is 2.89. The predicted octanol–water partition coefficient (Wildman–Crippen LogP) is 1.02. The van der Waals surface area contributed by atoms with Crippen LogP contribution in [0.5, 0.6) is 0 Å². The molecule has 1 nitrogen and oxygen atoms in total. The maximum Gasteiger partial charge on any atom is 0.0348 e. The van der Waals surface area contributed by atoms with E-state index < -0.39 is 0 Å². The van der Waals surface area contributed by atoms with E-state index in [2.05, 4.69) is 5.32 Å². The van der Waals surface area contributed by atoms with Gasteiger partial charge in [-0.3, -0.25) is 0 Å². The summed E-state index contributed by atoms with van der Waals surface area (Å²) >= 11 is 5.24. The molecular formula is C3H9BrClN. The van der Waals surface area contributed by atoms with Gasteiger partial charge >= 0.3 is 0 Å². The molecule has 0 atom stereocenters. The molecule has 0 aliphatic rings. The first-order valence-corrected chi connectivity index (χ1v) is 2.16. The molecule has 0 bridgehead atoms. The molecule has 0 rings (SSSR count). The standard InChI is InChI=1S/C3H8ClN.BrH/c1-5-3-2-4;/h5H,2-3H2,1H3;1H. The predicted molar refractivity (Wildman–Crippen MR) is 35.0 cm³/mol. The Kier molecular flexibility index (Phi) is 15.2. The van der Waals surface area contributed by atoms with Crippen LogP contribution in [0.25, 0.3) is 0 Å². The molecule has 0 radical (unpaired) electrons. The Hall–Kier alpha value is 0.730. The second-order valence-corrected chi connectivity index (χ2v) is 1.17. The third-order valence-electron chi connectivity index (χ3n) is 0.344. The molecule has 3 heteroatoms. The molecule has 6 heavy (non-hydrogen) atoms. The van der Waals surface area contributed by atoms with Crippen molar-refractivity contribution >= 4 is 28.6 Å². The van der Waals surface area contributed by atoms with Crippen LogP contribution in [0.2, 0.25) is 0 Å². The van der Waals surface area contributed by atoms with E-state index >= 15 is 0 Å². The van der Waals surface area contributed by atoms with Crippen LogP contribution in [0.1, 0.15) is 0 Å². The maximum absolute atomic E-state index is 5.24. The molecule has 0 fully saturated rings. The first-order valence-electron chi connectivity index (χ1n) is 1.62. The van der Waals surface area contributed by atoms with Gasteiger partial charge in [0.15, 0.2) is 0 Å². The van der Waals surface area contributed by atoms with Gasteiger partial charge in [-0.1, -0.05) is 0 Å². The molecule has 0 spiro atoms. The second kappa shape index (κ2) is 9.21. The zero-order chi connectivity index (χ0) is 4.12. The van der Waals surface area contributed by atoms with Gasteiger partial charge in [0.05, 0.1) is 0 Å². The van der Waals surface area contributed by atoms with E-state index in [0.29, 0.717) is 5.88 Å². The molecule has 0 aromatic carbocycles. The van der Waals surface area contributed by atoms with Gasteiger partial charge in [0.25, 0.3) is 0 Å². The van der Waals surface area contributed by atoms with E-state index in [1.54, 1.807) is 0 Å². The van der Waals surface area contributed by atoms with Crippen molar-refractivity contribution in [1.29, 1.82) is 0 Å². The highest BCUT2D eigenvalue weighted by molar-refractivity contribution is 8.93. The fraction of sp³-hybridized carbons (Fsp3) is 1.00. The maximum atomic E-state index is 5.24.